The number of carbonyl (C=O) groups excluding carboxylic acids is 1. The molecule has 0 aliphatic carbocycles. The molecule has 0 aliphatic rings. The minimum absolute atomic E-state index is 0.0344. The molecule has 1 rings (SSSR count). The average Bonchev–Trinajstić information content (AvgIpc) is 2.32. The highest BCUT2D eigenvalue weighted by atomic mass is 19.1. The summed E-state index contributed by atoms with van der Waals surface area (Å²) in [6, 6.07) is 2.70. The third-order valence-corrected chi connectivity index (χ3v) is 2.53. The fraction of sp³-hybridized carbons (Fsp3) is 0.417. The lowest BCUT2D eigenvalue weighted by Gasteiger charge is -2.21. The third-order valence-electron chi connectivity index (χ3n) is 2.53. The van der Waals surface area contributed by atoms with Gasteiger partial charge < -0.3 is 20.8 Å². The van der Waals surface area contributed by atoms with Gasteiger partial charge in [0.2, 0.25) is 0 Å². The van der Waals surface area contributed by atoms with Crippen LogP contribution in [0.4, 0.5) is 10.1 Å². The number of aryl methyl sites for hydroxylation is 1. The molecule has 0 saturated heterocycles. The maximum atomic E-state index is 13.8. The summed E-state index contributed by atoms with van der Waals surface area (Å²) in [6.45, 7) is 1.08. The van der Waals surface area contributed by atoms with Crippen LogP contribution in [0.25, 0.3) is 0 Å². The van der Waals surface area contributed by atoms with Crippen LogP contribution in [0.5, 0.6) is 0 Å². The number of benzene rings is 1. The van der Waals surface area contributed by atoms with E-state index in [0.717, 1.165) is 0 Å². The number of amides is 1. The third kappa shape index (κ3) is 3.18. The lowest BCUT2D eigenvalue weighted by Crippen LogP contribution is -2.36. The van der Waals surface area contributed by atoms with E-state index in [1.807, 2.05) is 0 Å². The van der Waals surface area contributed by atoms with E-state index in [-0.39, 0.29) is 37.4 Å². The van der Waals surface area contributed by atoms with Gasteiger partial charge in [0.25, 0.3) is 5.91 Å². The number of nitrogen functional groups attached to an aromatic ring is 1. The van der Waals surface area contributed by atoms with E-state index in [9.17, 15) is 9.18 Å². The van der Waals surface area contributed by atoms with E-state index in [1.165, 1.54) is 24.0 Å². The van der Waals surface area contributed by atoms with Crippen LogP contribution in [0.3, 0.4) is 0 Å². The number of aliphatic hydroxyl groups excluding tert-OH is 2. The first-order valence-electron chi connectivity index (χ1n) is 5.57. The van der Waals surface area contributed by atoms with E-state index >= 15 is 0 Å². The van der Waals surface area contributed by atoms with E-state index in [4.69, 9.17) is 15.9 Å². The SMILES string of the molecule is Cc1cc(N)cc(C(=O)N(CCO)CCO)c1F. The molecule has 0 unspecified atom stereocenters. The van der Waals surface area contributed by atoms with Crippen molar-refractivity contribution < 1.29 is 19.4 Å². The van der Waals surface area contributed by atoms with Crippen molar-refractivity contribution in [1.29, 1.82) is 0 Å². The second-order valence-corrected chi connectivity index (χ2v) is 3.94. The summed E-state index contributed by atoms with van der Waals surface area (Å²) < 4.78 is 13.8. The number of hydrogen-bond donors (Lipinski definition) is 3. The number of halogens is 1. The normalized spacial score (nSPS) is 10.4. The van der Waals surface area contributed by atoms with Gasteiger partial charge in [-0.3, -0.25) is 4.79 Å². The molecule has 0 aliphatic heterocycles. The molecule has 0 aromatic heterocycles. The molecule has 1 aromatic carbocycles. The molecule has 5 nitrogen and oxygen atoms in total. The zero-order valence-corrected chi connectivity index (χ0v) is 10.2. The van der Waals surface area contributed by atoms with Gasteiger partial charge in [-0.25, -0.2) is 4.39 Å². The summed E-state index contributed by atoms with van der Waals surface area (Å²) >= 11 is 0. The molecule has 4 N–H and O–H groups in total. The molecular formula is C12H17FN2O3. The largest absolute Gasteiger partial charge is 0.399 e. The standard InChI is InChI=1S/C12H17FN2O3/c1-8-6-9(14)7-10(11(8)13)12(18)15(2-4-16)3-5-17/h6-7,16-17H,2-5,14H2,1H3. The Morgan fingerprint density at radius 1 is 1.33 bits per heavy atom. The summed E-state index contributed by atoms with van der Waals surface area (Å²) in [4.78, 5) is 13.2. The van der Waals surface area contributed by atoms with Crippen LogP contribution in [0, 0.1) is 12.7 Å². The Hall–Kier alpha value is -1.66. The molecule has 0 heterocycles. The zero-order valence-electron chi connectivity index (χ0n) is 10.2. The molecule has 18 heavy (non-hydrogen) atoms. The molecule has 1 aromatic rings. The molecule has 0 saturated carbocycles. The van der Waals surface area contributed by atoms with Gasteiger partial charge in [0.05, 0.1) is 18.8 Å². The monoisotopic (exact) mass is 256 g/mol. The van der Waals surface area contributed by atoms with Crippen molar-refractivity contribution in [2.45, 2.75) is 6.92 Å². The van der Waals surface area contributed by atoms with Crippen molar-refractivity contribution in [1.82, 2.24) is 4.90 Å². The van der Waals surface area contributed by atoms with Gasteiger partial charge in [0, 0.05) is 18.8 Å². The highest BCUT2D eigenvalue weighted by Gasteiger charge is 2.20. The van der Waals surface area contributed by atoms with Crippen LogP contribution < -0.4 is 5.73 Å². The van der Waals surface area contributed by atoms with E-state index in [0.29, 0.717) is 5.69 Å². The Kier molecular flexibility index (Phi) is 5.06. The quantitative estimate of drug-likeness (QED) is 0.654. The van der Waals surface area contributed by atoms with Crippen molar-refractivity contribution in [3.05, 3.63) is 29.1 Å². The van der Waals surface area contributed by atoms with Crippen molar-refractivity contribution in [2.75, 3.05) is 32.0 Å². The van der Waals surface area contributed by atoms with Gasteiger partial charge in [0.15, 0.2) is 0 Å². The first-order chi connectivity index (χ1) is 8.51. The molecule has 6 heteroatoms. The predicted molar refractivity (Wildman–Crippen MR) is 65.6 cm³/mol. The van der Waals surface area contributed by atoms with Crippen LogP contribution in [0.15, 0.2) is 12.1 Å². The van der Waals surface area contributed by atoms with Crippen LogP contribution in [-0.2, 0) is 0 Å². The molecule has 0 atom stereocenters. The number of rotatable bonds is 5. The first-order valence-corrected chi connectivity index (χ1v) is 5.57. The van der Waals surface area contributed by atoms with Gasteiger partial charge >= 0.3 is 0 Å². The maximum Gasteiger partial charge on any atom is 0.257 e. The average molecular weight is 256 g/mol. The minimum Gasteiger partial charge on any atom is -0.399 e. The fourth-order valence-corrected chi connectivity index (χ4v) is 1.68. The summed E-state index contributed by atoms with van der Waals surface area (Å²) in [7, 11) is 0. The molecule has 1 amide bonds. The Morgan fingerprint density at radius 3 is 2.39 bits per heavy atom. The second kappa shape index (κ2) is 6.32. The molecule has 0 radical (unpaired) electrons. The summed E-state index contributed by atoms with van der Waals surface area (Å²) in [5.41, 5.74) is 6.01. The van der Waals surface area contributed by atoms with Crippen LogP contribution in [-0.4, -0.2) is 47.3 Å². The molecular weight excluding hydrogens is 239 g/mol. The van der Waals surface area contributed by atoms with E-state index < -0.39 is 11.7 Å². The van der Waals surface area contributed by atoms with Crippen molar-refractivity contribution >= 4 is 11.6 Å². The van der Waals surface area contributed by atoms with Gasteiger partial charge in [-0.15, -0.1) is 0 Å². The Morgan fingerprint density at radius 2 is 1.89 bits per heavy atom. The van der Waals surface area contributed by atoms with Gasteiger partial charge in [-0.1, -0.05) is 0 Å². The highest BCUT2D eigenvalue weighted by molar-refractivity contribution is 5.95. The van der Waals surface area contributed by atoms with Crippen LogP contribution >= 0.6 is 0 Å². The van der Waals surface area contributed by atoms with Gasteiger partial charge in [-0.05, 0) is 24.6 Å². The molecule has 0 spiro atoms. The molecule has 0 fully saturated rings. The fourth-order valence-electron chi connectivity index (χ4n) is 1.68. The molecule has 0 bridgehead atoms. The number of anilines is 1. The van der Waals surface area contributed by atoms with E-state index in [2.05, 4.69) is 0 Å². The molecule has 100 valence electrons. The van der Waals surface area contributed by atoms with Crippen LogP contribution in [0.2, 0.25) is 0 Å². The smallest absolute Gasteiger partial charge is 0.257 e. The summed E-state index contributed by atoms with van der Waals surface area (Å²) in [5.74, 6) is -1.22. The highest BCUT2D eigenvalue weighted by Crippen LogP contribution is 2.18. The Labute approximate surface area is 105 Å². The van der Waals surface area contributed by atoms with Crippen molar-refractivity contribution in [3.8, 4) is 0 Å². The van der Waals surface area contributed by atoms with E-state index in [1.54, 1.807) is 0 Å². The number of hydrogen-bond acceptors (Lipinski definition) is 4. The Bertz CT molecular complexity index is 432. The number of nitrogens with two attached hydrogens (primary N) is 1. The first kappa shape index (κ1) is 14.4. The van der Waals surface area contributed by atoms with Gasteiger partial charge in [-0.2, -0.15) is 0 Å². The number of nitrogens with zero attached hydrogens (tertiary/aromatic N) is 1. The summed E-state index contributed by atoms with van der Waals surface area (Å²) in [6.07, 6.45) is 0. The number of aliphatic hydroxyl groups is 2. The maximum absolute atomic E-state index is 13.8. The van der Waals surface area contributed by atoms with Crippen molar-refractivity contribution in [3.63, 3.8) is 0 Å². The lowest BCUT2D eigenvalue weighted by atomic mass is 10.1. The zero-order chi connectivity index (χ0) is 13.7. The predicted octanol–water partition coefficient (Wildman–Crippen LogP) is 0.143. The number of carbonyl (C=O) groups is 1. The minimum atomic E-state index is -0.630. The van der Waals surface area contributed by atoms with Crippen LogP contribution in [0.1, 0.15) is 15.9 Å². The van der Waals surface area contributed by atoms with Gasteiger partial charge in [0.1, 0.15) is 5.82 Å². The lowest BCUT2D eigenvalue weighted by molar-refractivity contribution is 0.0680. The Balaban J connectivity index is 3.07. The topological polar surface area (TPSA) is 86.8 Å². The summed E-state index contributed by atoms with van der Waals surface area (Å²) in [5, 5.41) is 17.7. The van der Waals surface area contributed by atoms with Crippen molar-refractivity contribution in [2.24, 2.45) is 0 Å². The second-order valence-electron chi connectivity index (χ2n) is 3.94.